The maximum Gasteiger partial charge on any atom is 0.206 e. The maximum absolute atomic E-state index is 4.03. The number of hydrogen-bond donors (Lipinski definition) is 1. The standard InChI is InChI=1S/C9H13N3S2/c1-4-5-10-8-11-12-9(14-8)13-6-7(2)3/h4H,1-2,5-6H2,3H3,(H,10,11). The zero-order chi connectivity index (χ0) is 10.4. The molecule has 76 valence electrons. The minimum atomic E-state index is 0.722. The summed E-state index contributed by atoms with van der Waals surface area (Å²) in [5, 5.41) is 12.0. The highest BCUT2D eigenvalue weighted by Crippen LogP contribution is 2.26. The third kappa shape index (κ3) is 3.93. The van der Waals surface area contributed by atoms with Gasteiger partial charge in [0.15, 0.2) is 4.34 Å². The highest BCUT2D eigenvalue weighted by Gasteiger charge is 2.02. The number of hydrogen-bond acceptors (Lipinski definition) is 5. The molecule has 0 radical (unpaired) electrons. The summed E-state index contributed by atoms with van der Waals surface area (Å²) in [6.45, 7) is 10.2. The van der Waals surface area contributed by atoms with E-state index in [9.17, 15) is 0 Å². The van der Waals surface area contributed by atoms with Gasteiger partial charge in [0.05, 0.1) is 0 Å². The van der Waals surface area contributed by atoms with Gasteiger partial charge >= 0.3 is 0 Å². The van der Waals surface area contributed by atoms with Crippen molar-refractivity contribution < 1.29 is 0 Å². The summed E-state index contributed by atoms with van der Waals surface area (Å²) in [5.41, 5.74) is 1.14. The van der Waals surface area contributed by atoms with Crippen LogP contribution in [-0.4, -0.2) is 22.5 Å². The Kier molecular flexibility index (Phi) is 4.69. The first-order valence-electron chi connectivity index (χ1n) is 4.18. The molecule has 5 heteroatoms. The van der Waals surface area contributed by atoms with Crippen molar-refractivity contribution in [3.63, 3.8) is 0 Å². The molecule has 0 aliphatic rings. The Balaban J connectivity index is 2.42. The van der Waals surface area contributed by atoms with E-state index in [2.05, 4.69) is 28.7 Å². The number of rotatable bonds is 6. The average Bonchev–Trinajstić information content (AvgIpc) is 2.59. The third-order valence-electron chi connectivity index (χ3n) is 1.25. The van der Waals surface area contributed by atoms with Crippen LogP contribution in [-0.2, 0) is 0 Å². The molecule has 0 saturated heterocycles. The number of aromatic nitrogens is 2. The molecule has 0 amide bonds. The summed E-state index contributed by atoms with van der Waals surface area (Å²) in [4.78, 5) is 0. The molecule has 14 heavy (non-hydrogen) atoms. The van der Waals surface area contributed by atoms with Crippen molar-refractivity contribution >= 4 is 28.2 Å². The molecule has 0 atom stereocenters. The van der Waals surface area contributed by atoms with E-state index in [0.717, 1.165) is 27.3 Å². The molecule has 0 bridgehead atoms. The monoisotopic (exact) mass is 227 g/mol. The van der Waals surface area contributed by atoms with Crippen molar-refractivity contribution in [1.82, 2.24) is 10.2 Å². The molecular formula is C9H13N3S2. The van der Waals surface area contributed by atoms with Gasteiger partial charge in [-0.1, -0.05) is 41.3 Å². The van der Waals surface area contributed by atoms with Crippen LogP contribution in [0.15, 0.2) is 29.1 Å². The van der Waals surface area contributed by atoms with Crippen molar-refractivity contribution in [2.75, 3.05) is 17.6 Å². The second-order valence-corrected chi connectivity index (χ2v) is 4.99. The molecule has 1 aromatic rings. The Labute approximate surface area is 92.3 Å². The first-order valence-corrected chi connectivity index (χ1v) is 5.98. The molecular weight excluding hydrogens is 214 g/mol. The van der Waals surface area contributed by atoms with E-state index in [4.69, 9.17) is 0 Å². The van der Waals surface area contributed by atoms with Crippen molar-refractivity contribution in [1.29, 1.82) is 0 Å². The molecule has 0 unspecified atom stereocenters. The van der Waals surface area contributed by atoms with Crippen molar-refractivity contribution in [2.24, 2.45) is 0 Å². The average molecular weight is 227 g/mol. The Bertz CT molecular complexity index is 320. The fourth-order valence-electron chi connectivity index (χ4n) is 0.684. The molecule has 0 aliphatic carbocycles. The quantitative estimate of drug-likeness (QED) is 0.599. The molecule has 1 rings (SSSR count). The van der Waals surface area contributed by atoms with E-state index in [1.165, 1.54) is 0 Å². The Morgan fingerprint density at radius 1 is 1.64 bits per heavy atom. The smallest absolute Gasteiger partial charge is 0.206 e. The summed E-state index contributed by atoms with van der Waals surface area (Å²) in [7, 11) is 0. The SMILES string of the molecule is C=CCNc1nnc(SCC(=C)C)s1. The van der Waals surface area contributed by atoms with Gasteiger partial charge in [0.25, 0.3) is 0 Å². The second-order valence-electron chi connectivity index (χ2n) is 2.79. The van der Waals surface area contributed by atoms with Crippen LogP contribution in [0.5, 0.6) is 0 Å². The highest BCUT2D eigenvalue weighted by molar-refractivity contribution is 8.01. The molecule has 1 N–H and O–H groups in total. The van der Waals surface area contributed by atoms with E-state index >= 15 is 0 Å². The highest BCUT2D eigenvalue weighted by atomic mass is 32.2. The van der Waals surface area contributed by atoms with Gasteiger partial charge in [0, 0.05) is 12.3 Å². The van der Waals surface area contributed by atoms with E-state index in [1.54, 1.807) is 29.2 Å². The van der Waals surface area contributed by atoms with E-state index in [1.807, 2.05) is 6.92 Å². The molecule has 0 spiro atoms. The third-order valence-corrected chi connectivity index (χ3v) is 3.49. The van der Waals surface area contributed by atoms with Crippen molar-refractivity contribution in [2.45, 2.75) is 11.3 Å². The first-order chi connectivity index (χ1) is 6.72. The fraction of sp³-hybridized carbons (Fsp3) is 0.333. The molecule has 1 heterocycles. The van der Waals surface area contributed by atoms with Crippen LogP contribution in [0.4, 0.5) is 5.13 Å². The lowest BCUT2D eigenvalue weighted by Gasteiger charge is -1.94. The fourth-order valence-corrected chi connectivity index (χ4v) is 2.29. The van der Waals surface area contributed by atoms with Crippen molar-refractivity contribution in [3.05, 3.63) is 24.8 Å². The lowest BCUT2D eigenvalue weighted by atomic mass is 10.4. The van der Waals surface area contributed by atoms with E-state index in [0.29, 0.717) is 0 Å². The number of nitrogens with one attached hydrogen (secondary N) is 1. The minimum absolute atomic E-state index is 0.722. The van der Waals surface area contributed by atoms with Gasteiger partial charge in [-0.25, -0.2) is 0 Å². The summed E-state index contributed by atoms with van der Waals surface area (Å²) in [6.07, 6.45) is 1.79. The van der Waals surface area contributed by atoms with Crippen LogP contribution < -0.4 is 5.32 Å². The predicted molar refractivity (Wildman–Crippen MR) is 64.1 cm³/mol. The lowest BCUT2D eigenvalue weighted by molar-refractivity contribution is 1.01. The minimum Gasteiger partial charge on any atom is -0.357 e. The summed E-state index contributed by atoms with van der Waals surface area (Å²) in [5.74, 6) is 0.899. The van der Waals surface area contributed by atoms with Crippen LogP contribution in [0.2, 0.25) is 0 Å². The second kappa shape index (κ2) is 5.82. The molecule has 0 aliphatic heterocycles. The lowest BCUT2D eigenvalue weighted by Crippen LogP contribution is -1.96. The van der Waals surface area contributed by atoms with Gasteiger partial charge in [0.1, 0.15) is 0 Å². The normalized spacial score (nSPS) is 9.79. The molecule has 1 aromatic heterocycles. The van der Waals surface area contributed by atoms with Crippen LogP contribution in [0.1, 0.15) is 6.92 Å². The Hall–Kier alpha value is -0.810. The zero-order valence-electron chi connectivity index (χ0n) is 8.12. The summed E-state index contributed by atoms with van der Waals surface area (Å²) < 4.78 is 0.972. The zero-order valence-corrected chi connectivity index (χ0v) is 9.75. The number of anilines is 1. The largest absolute Gasteiger partial charge is 0.357 e. The van der Waals surface area contributed by atoms with Crippen LogP contribution in [0.25, 0.3) is 0 Å². The van der Waals surface area contributed by atoms with Gasteiger partial charge in [-0.05, 0) is 6.92 Å². The molecule has 0 aromatic carbocycles. The van der Waals surface area contributed by atoms with Gasteiger partial charge < -0.3 is 5.32 Å². The topological polar surface area (TPSA) is 37.8 Å². The predicted octanol–water partition coefficient (Wildman–Crippen LogP) is 2.80. The van der Waals surface area contributed by atoms with Crippen molar-refractivity contribution in [3.8, 4) is 0 Å². The Morgan fingerprint density at radius 2 is 2.43 bits per heavy atom. The van der Waals surface area contributed by atoms with Crippen LogP contribution in [0, 0.1) is 0 Å². The molecule has 3 nitrogen and oxygen atoms in total. The number of nitrogens with zero attached hydrogens (tertiary/aromatic N) is 2. The molecule has 0 fully saturated rings. The van der Waals surface area contributed by atoms with Gasteiger partial charge in [-0.15, -0.1) is 16.8 Å². The van der Waals surface area contributed by atoms with E-state index < -0.39 is 0 Å². The van der Waals surface area contributed by atoms with Crippen LogP contribution in [0.3, 0.4) is 0 Å². The maximum atomic E-state index is 4.03. The summed E-state index contributed by atoms with van der Waals surface area (Å²) in [6, 6.07) is 0. The van der Waals surface area contributed by atoms with E-state index in [-0.39, 0.29) is 0 Å². The Morgan fingerprint density at radius 3 is 3.07 bits per heavy atom. The first kappa shape index (κ1) is 11.3. The van der Waals surface area contributed by atoms with Gasteiger partial charge in [0.2, 0.25) is 5.13 Å². The van der Waals surface area contributed by atoms with Crippen LogP contribution >= 0.6 is 23.1 Å². The molecule has 0 saturated carbocycles. The number of thioether (sulfide) groups is 1. The van der Waals surface area contributed by atoms with Gasteiger partial charge in [-0.2, -0.15) is 0 Å². The van der Waals surface area contributed by atoms with Gasteiger partial charge in [-0.3, -0.25) is 0 Å². The summed E-state index contributed by atoms with van der Waals surface area (Å²) >= 11 is 3.22.